The minimum Gasteiger partial charge on any atom is -0.496 e. The maximum Gasteiger partial charge on any atom is 0.338 e. The van der Waals surface area contributed by atoms with Crippen LogP contribution in [0.1, 0.15) is 15.9 Å². The van der Waals surface area contributed by atoms with Gasteiger partial charge in [0.05, 0.1) is 25.5 Å². The number of ether oxygens (including phenoxy) is 3. The topological polar surface area (TPSA) is 87.0 Å². The maximum atomic E-state index is 12.4. The first-order chi connectivity index (χ1) is 15.0. The van der Waals surface area contributed by atoms with Crippen molar-refractivity contribution in [3.8, 4) is 11.5 Å². The van der Waals surface area contributed by atoms with Gasteiger partial charge in [0, 0.05) is 16.8 Å². The molecule has 0 saturated heterocycles. The van der Waals surface area contributed by atoms with Crippen molar-refractivity contribution >= 4 is 39.5 Å². The number of methoxy groups -OCH3 is 2. The van der Waals surface area contributed by atoms with E-state index in [1.54, 1.807) is 30.3 Å². The molecule has 7 heteroatoms. The van der Waals surface area contributed by atoms with Gasteiger partial charge in [-0.25, -0.2) is 4.79 Å². The molecule has 0 aliphatic rings. The van der Waals surface area contributed by atoms with E-state index < -0.39 is 18.5 Å². The van der Waals surface area contributed by atoms with Crippen molar-refractivity contribution in [3.05, 3.63) is 65.7 Å². The number of para-hydroxylation sites is 1. The van der Waals surface area contributed by atoms with Crippen LogP contribution in [0.5, 0.6) is 11.5 Å². The van der Waals surface area contributed by atoms with Crippen molar-refractivity contribution in [2.45, 2.75) is 6.92 Å². The first-order valence-corrected chi connectivity index (χ1v) is 9.61. The van der Waals surface area contributed by atoms with Crippen molar-refractivity contribution in [3.63, 3.8) is 0 Å². The quantitative estimate of drug-likeness (QED) is 0.456. The second-order valence-electron chi connectivity index (χ2n) is 6.96. The summed E-state index contributed by atoms with van der Waals surface area (Å²) in [7, 11) is 3.04. The van der Waals surface area contributed by atoms with E-state index in [0.29, 0.717) is 28.3 Å². The second kappa shape index (κ2) is 8.39. The van der Waals surface area contributed by atoms with Crippen molar-refractivity contribution in [1.29, 1.82) is 0 Å². The lowest BCUT2D eigenvalue weighted by molar-refractivity contribution is -0.119. The number of aryl methyl sites for hydroxylation is 1. The van der Waals surface area contributed by atoms with Crippen molar-refractivity contribution < 1.29 is 28.2 Å². The molecule has 4 rings (SSSR count). The van der Waals surface area contributed by atoms with Gasteiger partial charge in [-0.1, -0.05) is 24.3 Å². The van der Waals surface area contributed by atoms with Gasteiger partial charge in [-0.3, -0.25) is 4.79 Å². The number of hydrogen-bond donors (Lipinski definition) is 1. The molecule has 0 atom stereocenters. The summed E-state index contributed by atoms with van der Waals surface area (Å²) in [6, 6.07) is 16.1. The highest BCUT2D eigenvalue weighted by atomic mass is 16.5. The summed E-state index contributed by atoms with van der Waals surface area (Å²) in [5.74, 6) is -0.0703. The molecule has 1 amide bonds. The molecule has 0 unspecified atom stereocenters. The van der Waals surface area contributed by atoms with E-state index in [1.807, 2.05) is 31.2 Å². The second-order valence-corrected chi connectivity index (χ2v) is 6.96. The summed E-state index contributed by atoms with van der Waals surface area (Å²) in [5.41, 5.74) is 2.97. The van der Waals surface area contributed by atoms with Gasteiger partial charge in [-0.2, -0.15) is 0 Å². The summed E-state index contributed by atoms with van der Waals surface area (Å²) in [6.07, 6.45) is 0. The van der Waals surface area contributed by atoms with Crippen LogP contribution in [0.4, 0.5) is 5.69 Å². The van der Waals surface area contributed by atoms with E-state index in [9.17, 15) is 9.59 Å². The summed E-state index contributed by atoms with van der Waals surface area (Å²) >= 11 is 0. The van der Waals surface area contributed by atoms with E-state index in [1.165, 1.54) is 14.2 Å². The van der Waals surface area contributed by atoms with Gasteiger partial charge >= 0.3 is 5.97 Å². The van der Waals surface area contributed by atoms with Crippen molar-refractivity contribution in [2.75, 3.05) is 26.1 Å². The number of benzene rings is 3. The number of esters is 1. The van der Waals surface area contributed by atoms with Crippen molar-refractivity contribution in [2.24, 2.45) is 0 Å². The lowest BCUT2D eigenvalue weighted by Gasteiger charge is -2.11. The van der Waals surface area contributed by atoms with Gasteiger partial charge in [-0.15, -0.1) is 0 Å². The first-order valence-electron chi connectivity index (χ1n) is 9.61. The number of furan rings is 1. The third-order valence-electron chi connectivity index (χ3n) is 4.95. The predicted octanol–water partition coefficient (Wildman–Crippen LogP) is 4.71. The minimum absolute atomic E-state index is 0.302. The number of anilines is 1. The Bertz CT molecular complexity index is 1290. The van der Waals surface area contributed by atoms with Gasteiger partial charge in [0.2, 0.25) is 0 Å². The standard InChI is InChI=1S/C24H21NO6/c1-14-8-9-15(10-20(14)28-2)24(27)30-13-23(26)25-18-12-21-17(11-22(18)29-3)16-6-4-5-7-19(16)31-21/h4-12H,13H2,1-3H3,(H,25,26). The lowest BCUT2D eigenvalue weighted by atomic mass is 10.1. The summed E-state index contributed by atoms with van der Waals surface area (Å²) in [5, 5.41) is 4.55. The van der Waals surface area contributed by atoms with Gasteiger partial charge in [0.1, 0.15) is 22.7 Å². The Labute approximate surface area is 178 Å². The van der Waals surface area contributed by atoms with Gasteiger partial charge in [-0.05, 0) is 36.8 Å². The van der Waals surface area contributed by atoms with Crippen LogP contribution in [-0.2, 0) is 9.53 Å². The SMILES string of the molecule is COc1cc(C(=O)OCC(=O)Nc2cc3oc4ccccc4c3cc2OC)ccc1C. The fourth-order valence-electron chi connectivity index (χ4n) is 3.37. The Morgan fingerprint density at radius 3 is 2.45 bits per heavy atom. The lowest BCUT2D eigenvalue weighted by Crippen LogP contribution is -2.21. The minimum atomic E-state index is -0.617. The van der Waals surface area contributed by atoms with Crippen molar-refractivity contribution in [1.82, 2.24) is 0 Å². The molecule has 158 valence electrons. The Morgan fingerprint density at radius 1 is 0.903 bits per heavy atom. The molecular weight excluding hydrogens is 398 g/mol. The van der Waals surface area contributed by atoms with E-state index >= 15 is 0 Å². The maximum absolute atomic E-state index is 12.4. The Morgan fingerprint density at radius 2 is 1.68 bits per heavy atom. The van der Waals surface area contributed by atoms with Gasteiger partial charge in [0.25, 0.3) is 5.91 Å². The number of hydrogen-bond acceptors (Lipinski definition) is 6. The third-order valence-corrected chi connectivity index (χ3v) is 4.95. The number of carbonyl (C=O) groups is 2. The van der Waals surface area contributed by atoms with Crippen LogP contribution in [0.2, 0.25) is 0 Å². The number of carbonyl (C=O) groups excluding carboxylic acids is 2. The van der Waals surface area contributed by atoms with E-state index in [-0.39, 0.29) is 0 Å². The van der Waals surface area contributed by atoms with Gasteiger partial charge in [0.15, 0.2) is 6.61 Å². The summed E-state index contributed by atoms with van der Waals surface area (Å²) < 4.78 is 21.6. The fourth-order valence-corrected chi connectivity index (χ4v) is 3.37. The molecule has 0 radical (unpaired) electrons. The van der Waals surface area contributed by atoms with E-state index in [0.717, 1.165) is 21.9 Å². The Balaban J connectivity index is 1.49. The smallest absolute Gasteiger partial charge is 0.338 e. The monoisotopic (exact) mass is 419 g/mol. The zero-order valence-corrected chi connectivity index (χ0v) is 17.4. The molecule has 3 aromatic carbocycles. The molecular formula is C24H21NO6. The number of nitrogens with one attached hydrogen (secondary N) is 1. The molecule has 0 aliphatic carbocycles. The number of amides is 1. The normalized spacial score (nSPS) is 10.8. The highest BCUT2D eigenvalue weighted by molar-refractivity contribution is 6.08. The molecule has 1 N–H and O–H groups in total. The van der Waals surface area contributed by atoms with Crippen LogP contribution in [0, 0.1) is 6.92 Å². The van der Waals surface area contributed by atoms with E-state index in [2.05, 4.69) is 5.32 Å². The van der Waals surface area contributed by atoms with Crippen LogP contribution in [0.15, 0.2) is 59.0 Å². The molecule has 0 aliphatic heterocycles. The molecule has 4 aromatic rings. The fraction of sp³-hybridized carbons (Fsp3) is 0.167. The highest BCUT2D eigenvalue weighted by Crippen LogP contribution is 2.36. The zero-order valence-electron chi connectivity index (χ0n) is 17.4. The molecule has 0 saturated carbocycles. The highest BCUT2D eigenvalue weighted by Gasteiger charge is 2.16. The zero-order chi connectivity index (χ0) is 22.0. The first kappa shape index (κ1) is 20.3. The van der Waals surface area contributed by atoms with Crippen LogP contribution >= 0.6 is 0 Å². The largest absolute Gasteiger partial charge is 0.496 e. The number of rotatable bonds is 6. The molecule has 0 bridgehead atoms. The summed E-state index contributed by atoms with van der Waals surface area (Å²) in [4.78, 5) is 24.7. The molecule has 0 fully saturated rings. The molecule has 0 spiro atoms. The van der Waals surface area contributed by atoms with Crippen LogP contribution in [0.3, 0.4) is 0 Å². The summed E-state index contributed by atoms with van der Waals surface area (Å²) in [6.45, 7) is 1.42. The third kappa shape index (κ3) is 4.02. The van der Waals surface area contributed by atoms with Gasteiger partial charge < -0.3 is 23.9 Å². The predicted molar refractivity (Wildman–Crippen MR) is 117 cm³/mol. The molecule has 1 aromatic heterocycles. The van der Waals surface area contributed by atoms with E-state index in [4.69, 9.17) is 18.6 Å². The molecule has 7 nitrogen and oxygen atoms in total. The molecule has 1 heterocycles. The average Bonchev–Trinajstić information content (AvgIpc) is 3.14. The van der Waals surface area contributed by atoms with Crippen LogP contribution in [0.25, 0.3) is 21.9 Å². The average molecular weight is 419 g/mol. The Kier molecular flexibility index (Phi) is 5.49. The number of fused-ring (bicyclic) bond motifs is 3. The van der Waals surface area contributed by atoms with Crippen LogP contribution in [-0.4, -0.2) is 32.7 Å². The molecule has 31 heavy (non-hydrogen) atoms. The van der Waals surface area contributed by atoms with Crippen LogP contribution < -0.4 is 14.8 Å². The Hall–Kier alpha value is -4.00.